The smallest absolute Gasteiger partial charge is 0.270 e. The van der Waals surface area contributed by atoms with Crippen LogP contribution in [0.1, 0.15) is 21.5 Å². The van der Waals surface area contributed by atoms with Crippen molar-refractivity contribution in [3.63, 3.8) is 0 Å². The second-order valence-corrected chi connectivity index (χ2v) is 8.96. The van der Waals surface area contributed by atoms with E-state index >= 15 is 0 Å². The Morgan fingerprint density at radius 1 is 1.09 bits per heavy atom. The van der Waals surface area contributed by atoms with E-state index in [1.54, 1.807) is 23.2 Å². The number of non-ortho nitro benzene ring substituents is 1. The summed E-state index contributed by atoms with van der Waals surface area (Å²) >= 11 is 0. The fourth-order valence-electron chi connectivity index (χ4n) is 5.36. The lowest BCUT2D eigenvalue weighted by molar-refractivity contribution is -0.384. The number of ketones is 1. The molecule has 0 radical (unpaired) electrons. The Balaban J connectivity index is 1.62. The average Bonchev–Trinajstić information content (AvgIpc) is 3.31. The number of fused-ring (bicyclic) bond motifs is 3. The Hall–Kier alpha value is -4.58. The Morgan fingerprint density at radius 2 is 1.83 bits per heavy atom. The molecule has 0 aromatic heterocycles. The van der Waals surface area contributed by atoms with E-state index in [1.165, 1.54) is 30.3 Å². The molecule has 3 aliphatic heterocycles. The Morgan fingerprint density at radius 3 is 2.51 bits per heavy atom. The molecule has 4 unspecified atom stereocenters. The molecule has 4 atom stereocenters. The molecule has 35 heavy (non-hydrogen) atoms. The summed E-state index contributed by atoms with van der Waals surface area (Å²) in [6, 6.07) is 11.1. The number of hydrogen-bond donors (Lipinski definition) is 0. The normalized spacial score (nSPS) is 24.7. The number of carbonyl (C=O) groups excluding carboxylic acids is 3. The van der Waals surface area contributed by atoms with Gasteiger partial charge in [0.25, 0.3) is 5.69 Å². The van der Waals surface area contributed by atoms with Gasteiger partial charge >= 0.3 is 0 Å². The van der Waals surface area contributed by atoms with Crippen LogP contribution in [0.2, 0.25) is 0 Å². The van der Waals surface area contributed by atoms with Gasteiger partial charge < -0.3 is 4.90 Å². The highest BCUT2D eigenvalue weighted by molar-refractivity contribution is 6.25. The summed E-state index contributed by atoms with van der Waals surface area (Å²) in [6.07, 6.45) is 4.70. The van der Waals surface area contributed by atoms with E-state index in [2.05, 4.69) is 6.07 Å². The number of benzene rings is 2. The van der Waals surface area contributed by atoms with Gasteiger partial charge in [-0.05, 0) is 37.6 Å². The van der Waals surface area contributed by atoms with E-state index < -0.39 is 46.4 Å². The zero-order chi connectivity index (χ0) is 25.0. The first kappa shape index (κ1) is 22.2. The molecule has 2 fully saturated rings. The summed E-state index contributed by atoms with van der Waals surface area (Å²) < 4.78 is 0. The van der Waals surface area contributed by atoms with Gasteiger partial charge in [0, 0.05) is 23.9 Å². The van der Waals surface area contributed by atoms with Crippen LogP contribution in [0, 0.1) is 47.1 Å². The van der Waals surface area contributed by atoms with E-state index in [4.69, 9.17) is 0 Å². The van der Waals surface area contributed by atoms with E-state index in [-0.39, 0.29) is 11.3 Å². The maximum absolute atomic E-state index is 13.8. The van der Waals surface area contributed by atoms with Crippen LogP contribution >= 0.6 is 0 Å². The third-order valence-electron chi connectivity index (χ3n) is 6.88. The van der Waals surface area contributed by atoms with Crippen LogP contribution in [0.25, 0.3) is 0 Å². The molecule has 0 bridgehead atoms. The molecule has 5 rings (SSSR count). The van der Waals surface area contributed by atoms with Crippen LogP contribution in [0.4, 0.5) is 11.4 Å². The molecule has 174 valence electrons. The van der Waals surface area contributed by atoms with Crippen LogP contribution in [-0.2, 0) is 9.59 Å². The molecule has 2 amide bonds. The van der Waals surface area contributed by atoms with Crippen LogP contribution in [0.15, 0.2) is 66.4 Å². The number of nitro benzene ring substituents is 1. The molecule has 0 aliphatic carbocycles. The van der Waals surface area contributed by atoms with Crippen molar-refractivity contribution in [2.45, 2.75) is 25.9 Å². The first-order chi connectivity index (χ1) is 16.7. The molecule has 2 aromatic carbocycles. The summed E-state index contributed by atoms with van der Waals surface area (Å²) in [4.78, 5) is 54.6. The highest BCUT2D eigenvalue weighted by Gasteiger charge is 2.63. The fraction of sp³-hybridized carbons (Fsp3) is 0.231. The number of hydrogen-bond acceptors (Lipinski definition) is 7. The number of carbonyl (C=O) groups is 3. The fourth-order valence-corrected chi connectivity index (χ4v) is 5.36. The minimum absolute atomic E-state index is 0.0808. The third kappa shape index (κ3) is 3.34. The zero-order valence-corrected chi connectivity index (χ0v) is 18.9. The Bertz CT molecular complexity index is 1420. The molecule has 3 aliphatic rings. The predicted octanol–water partition coefficient (Wildman–Crippen LogP) is 3.23. The van der Waals surface area contributed by atoms with E-state index in [0.29, 0.717) is 11.3 Å². The van der Waals surface area contributed by atoms with Gasteiger partial charge in [0.05, 0.1) is 40.1 Å². The van der Waals surface area contributed by atoms with Crippen molar-refractivity contribution in [1.29, 1.82) is 5.26 Å². The second-order valence-electron chi connectivity index (χ2n) is 8.96. The minimum Gasteiger partial charge on any atom is -0.359 e. The maximum Gasteiger partial charge on any atom is 0.270 e. The number of Topliss-reactive ketones (excluding diaryl/α,β-unsaturated/α-hetero) is 1. The topological polar surface area (TPSA) is 125 Å². The molecule has 2 aromatic rings. The summed E-state index contributed by atoms with van der Waals surface area (Å²) in [5.41, 5.74) is 2.37. The second kappa shape index (κ2) is 8.02. The third-order valence-corrected chi connectivity index (χ3v) is 6.88. The molecule has 2 saturated heterocycles. The molecule has 0 N–H and O–H groups in total. The highest BCUT2D eigenvalue weighted by atomic mass is 16.6. The van der Waals surface area contributed by atoms with Gasteiger partial charge in [0.2, 0.25) is 11.8 Å². The van der Waals surface area contributed by atoms with Crippen molar-refractivity contribution in [3.05, 3.63) is 93.2 Å². The number of anilines is 1. The Labute approximate surface area is 200 Å². The minimum atomic E-state index is -1.05. The van der Waals surface area contributed by atoms with Crippen molar-refractivity contribution < 1.29 is 19.3 Å². The number of rotatable bonds is 4. The van der Waals surface area contributed by atoms with Crippen molar-refractivity contribution >= 4 is 29.0 Å². The van der Waals surface area contributed by atoms with Gasteiger partial charge in [-0.3, -0.25) is 24.5 Å². The summed E-state index contributed by atoms with van der Waals surface area (Å²) in [7, 11) is 0. The number of nitriles is 1. The quantitative estimate of drug-likeness (QED) is 0.292. The molecule has 0 spiro atoms. The Kier molecular flexibility index (Phi) is 5.09. The number of amides is 2. The van der Waals surface area contributed by atoms with Crippen LogP contribution in [0.3, 0.4) is 0 Å². The molecule has 3 heterocycles. The van der Waals surface area contributed by atoms with Crippen LogP contribution in [-0.4, -0.2) is 39.5 Å². The lowest BCUT2D eigenvalue weighted by Gasteiger charge is -2.32. The number of nitro groups is 1. The van der Waals surface area contributed by atoms with Crippen LogP contribution in [0.5, 0.6) is 0 Å². The zero-order valence-electron chi connectivity index (χ0n) is 18.9. The number of imide groups is 1. The van der Waals surface area contributed by atoms with Gasteiger partial charge in [-0.2, -0.15) is 5.26 Å². The van der Waals surface area contributed by atoms with Gasteiger partial charge in [-0.1, -0.05) is 29.8 Å². The molecular formula is C26H20N4O5. The summed E-state index contributed by atoms with van der Waals surface area (Å²) in [5.74, 6) is -3.29. The number of aryl methyl sites for hydroxylation is 2. The average molecular weight is 468 g/mol. The summed E-state index contributed by atoms with van der Waals surface area (Å²) in [5, 5.41) is 20.7. The van der Waals surface area contributed by atoms with Crippen molar-refractivity contribution in [2.75, 3.05) is 4.90 Å². The van der Waals surface area contributed by atoms with Crippen molar-refractivity contribution in [3.8, 4) is 6.07 Å². The number of nitrogens with zero attached hydrogens (tertiary/aromatic N) is 4. The van der Waals surface area contributed by atoms with Gasteiger partial charge in [-0.15, -0.1) is 0 Å². The SMILES string of the molecule is Cc1ccc(N2C(=O)C3C(C2=O)C(C(=O)c2cccc([N+](=O)[O-])c2)N2C=CC(C#N)=CC32)c(C)c1. The van der Waals surface area contributed by atoms with E-state index in [0.717, 1.165) is 16.0 Å². The van der Waals surface area contributed by atoms with E-state index in [1.807, 2.05) is 26.0 Å². The van der Waals surface area contributed by atoms with Crippen LogP contribution < -0.4 is 4.90 Å². The molecule has 9 heteroatoms. The molecular weight excluding hydrogens is 448 g/mol. The van der Waals surface area contributed by atoms with E-state index in [9.17, 15) is 29.8 Å². The predicted molar refractivity (Wildman–Crippen MR) is 125 cm³/mol. The van der Waals surface area contributed by atoms with Crippen molar-refractivity contribution in [2.24, 2.45) is 11.8 Å². The first-order valence-electron chi connectivity index (χ1n) is 11.0. The largest absolute Gasteiger partial charge is 0.359 e. The van der Waals surface area contributed by atoms with Crippen molar-refractivity contribution in [1.82, 2.24) is 4.90 Å². The maximum atomic E-state index is 13.8. The lowest BCUT2D eigenvalue weighted by atomic mass is 9.86. The lowest BCUT2D eigenvalue weighted by Crippen LogP contribution is -2.46. The molecule has 0 saturated carbocycles. The standard InChI is InChI=1S/C26H20N4O5/c1-14-6-7-19(15(2)10-14)29-25(32)21-20-11-16(13-27)8-9-28(20)23(22(21)26(29)33)24(31)17-4-3-5-18(12-17)30(34)35/h3-12,20-23H,1-2H3. The van der Waals surface area contributed by atoms with Gasteiger partial charge in [0.1, 0.15) is 6.04 Å². The number of allylic oxidation sites excluding steroid dienone is 2. The first-order valence-corrected chi connectivity index (χ1v) is 11.0. The van der Waals surface area contributed by atoms with Gasteiger partial charge in [-0.25, -0.2) is 4.90 Å². The monoisotopic (exact) mass is 468 g/mol. The molecule has 9 nitrogen and oxygen atoms in total. The summed E-state index contributed by atoms with van der Waals surface area (Å²) in [6.45, 7) is 3.72. The highest BCUT2D eigenvalue weighted by Crippen LogP contribution is 2.47. The van der Waals surface area contributed by atoms with Gasteiger partial charge in [0.15, 0.2) is 5.78 Å².